The van der Waals surface area contributed by atoms with E-state index in [1.165, 1.54) is 19.3 Å². The molecule has 4 nitrogen and oxygen atoms in total. The molecule has 0 heterocycles. The van der Waals surface area contributed by atoms with Crippen LogP contribution in [0.1, 0.15) is 81.1 Å². The maximum atomic E-state index is 13.6. The summed E-state index contributed by atoms with van der Waals surface area (Å²) >= 11 is 0. The van der Waals surface area contributed by atoms with E-state index in [1.54, 1.807) is 0 Å². The standard InChI is InChI=1S/C24H32N2O2/c1-15-4-5-17(20(27)25-18-6-7-18)8-19(15)26-21(28)24-11-16-9-22(2,13-24)12-23(3,10-16)14-24/h4-5,8,16,18H,6-7,9-14H2,1-3H3,(H,25,27)(H,26,28). The van der Waals surface area contributed by atoms with E-state index in [2.05, 4.69) is 24.5 Å². The molecular formula is C24H32N2O2. The molecule has 0 saturated heterocycles. The van der Waals surface area contributed by atoms with E-state index >= 15 is 0 Å². The number of benzene rings is 1. The molecule has 4 heteroatoms. The molecule has 5 aliphatic rings. The van der Waals surface area contributed by atoms with Gasteiger partial charge in [-0.3, -0.25) is 9.59 Å². The van der Waals surface area contributed by atoms with Crippen molar-refractivity contribution in [3.8, 4) is 0 Å². The van der Waals surface area contributed by atoms with Crippen molar-refractivity contribution in [3.05, 3.63) is 29.3 Å². The Hall–Kier alpha value is -1.84. The van der Waals surface area contributed by atoms with Gasteiger partial charge in [-0.1, -0.05) is 19.9 Å². The third kappa shape index (κ3) is 3.05. The highest BCUT2D eigenvalue weighted by Crippen LogP contribution is 2.69. The second-order valence-corrected chi connectivity index (χ2v) is 11.1. The van der Waals surface area contributed by atoms with Crippen LogP contribution in [0.4, 0.5) is 5.69 Å². The first-order valence-corrected chi connectivity index (χ1v) is 10.9. The highest BCUT2D eigenvalue weighted by Gasteiger charge is 2.62. The van der Waals surface area contributed by atoms with E-state index in [0.717, 1.165) is 43.4 Å². The summed E-state index contributed by atoms with van der Waals surface area (Å²) in [5.41, 5.74) is 2.83. The number of aryl methyl sites for hydroxylation is 1. The molecule has 0 aliphatic heterocycles. The van der Waals surface area contributed by atoms with Crippen LogP contribution in [-0.4, -0.2) is 17.9 Å². The van der Waals surface area contributed by atoms with Crippen LogP contribution in [-0.2, 0) is 4.79 Å². The minimum atomic E-state index is -0.234. The number of amides is 2. The molecule has 28 heavy (non-hydrogen) atoms. The van der Waals surface area contributed by atoms with E-state index < -0.39 is 0 Å². The maximum absolute atomic E-state index is 13.6. The zero-order valence-corrected chi connectivity index (χ0v) is 17.4. The average Bonchev–Trinajstić information content (AvgIpc) is 3.37. The number of carbonyl (C=O) groups excluding carboxylic acids is 2. The van der Waals surface area contributed by atoms with Crippen LogP contribution in [0.5, 0.6) is 0 Å². The van der Waals surface area contributed by atoms with E-state index in [0.29, 0.717) is 28.4 Å². The van der Waals surface area contributed by atoms with Crippen molar-refractivity contribution >= 4 is 17.5 Å². The van der Waals surface area contributed by atoms with Gasteiger partial charge in [-0.2, -0.15) is 0 Å². The van der Waals surface area contributed by atoms with Gasteiger partial charge in [0.2, 0.25) is 5.91 Å². The molecule has 2 atom stereocenters. The Bertz CT molecular complexity index is 838. The molecule has 0 radical (unpaired) electrons. The van der Waals surface area contributed by atoms with Gasteiger partial charge in [0.1, 0.15) is 0 Å². The van der Waals surface area contributed by atoms with Crippen LogP contribution in [0.25, 0.3) is 0 Å². The first-order chi connectivity index (χ1) is 13.2. The van der Waals surface area contributed by atoms with Crippen molar-refractivity contribution in [3.63, 3.8) is 0 Å². The van der Waals surface area contributed by atoms with E-state index in [1.807, 2.05) is 25.1 Å². The van der Waals surface area contributed by atoms with Crippen molar-refractivity contribution < 1.29 is 9.59 Å². The van der Waals surface area contributed by atoms with Crippen LogP contribution in [0.2, 0.25) is 0 Å². The van der Waals surface area contributed by atoms with Crippen LogP contribution in [0.15, 0.2) is 18.2 Å². The summed E-state index contributed by atoms with van der Waals surface area (Å²) in [6.45, 7) is 6.79. The highest BCUT2D eigenvalue weighted by molar-refractivity contribution is 5.99. The molecule has 5 fully saturated rings. The molecule has 2 N–H and O–H groups in total. The minimum Gasteiger partial charge on any atom is -0.349 e. The number of rotatable bonds is 4. The normalized spacial score (nSPS) is 38.3. The Kier molecular flexibility index (Phi) is 3.80. The van der Waals surface area contributed by atoms with Crippen molar-refractivity contribution in [2.24, 2.45) is 22.2 Å². The summed E-state index contributed by atoms with van der Waals surface area (Å²) in [5, 5.41) is 6.28. The van der Waals surface area contributed by atoms with Crippen LogP contribution >= 0.6 is 0 Å². The first-order valence-electron chi connectivity index (χ1n) is 10.9. The van der Waals surface area contributed by atoms with Crippen molar-refractivity contribution in [1.82, 2.24) is 5.32 Å². The smallest absolute Gasteiger partial charge is 0.251 e. The highest BCUT2D eigenvalue weighted by atomic mass is 16.2. The van der Waals surface area contributed by atoms with Crippen LogP contribution in [0.3, 0.4) is 0 Å². The topological polar surface area (TPSA) is 58.2 Å². The summed E-state index contributed by atoms with van der Waals surface area (Å²) in [5.74, 6) is 0.832. The van der Waals surface area contributed by atoms with Crippen LogP contribution in [0, 0.1) is 29.1 Å². The van der Waals surface area contributed by atoms with E-state index in [9.17, 15) is 9.59 Å². The van der Waals surface area contributed by atoms with Crippen LogP contribution < -0.4 is 10.6 Å². The predicted molar refractivity (Wildman–Crippen MR) is 110 cm³/mol. The molecule has 5 saturated carbocycles. The average molecular weight is 381 g/mol. The molecule has 4 bridgehead atoms. The summed E-state index contributed by atoms with van der Waals surface area (Å²) < 4.78 is 0. The third-order valence-corrected chi connectivity index (χ3v) is 7.77. The molecule has 150 valence electrons. The molecule has 2 unspecified atom stereocenters. The molecule has 1 aromatic rings. The fourth-order valence-electron chi connectivity index (χ4n) is 7.35. The largest absolute Gasteiger partial charge is 0.349 e. The first kappa shape index (κ1) is 18.2. The van der Waals surface area contributed by atoms with Crippen molar-refractivity contribution in [2.45, 2.75) is 78.2 Å². The molecule has 5 aliphatic carbocycles. The maximum Gasteiger partial charge on any atom is 0.251 e. The van der Waals surface area contributed by atoms with Gasteiger partial charge in [-0.25, -0.2) is 0 Å². The molecule has 0 spiro atoms. The quantitative estimate of drug-likeness (QED) is 0.786. The van der Waals surface area contributed by atoms with Gasteiger partial charge in [0.15, 0.2) is 0 Å². The van der Waals surface area contributed by atoms with Gasteiger partial charge in [0.25, 0.3) is 5.91 Å². The lowest BCUT2D eigenvalue weighted by molar-refractivity contribution is -0.165. The molecular weight excluding hydrogens is 348 g/mol. The Balaban J connectivity index is 1.39. The molecule has 2 amide bonds. The number of nitrogens with one attached hydrogen (secondary N) is 2. The van der Waals surface area contributed by atoms with Gasteiger partial charge in [0.05, 0.1) is 5.41 Å². The zero-order valence-electron chi connectivity index (χ0n) is 17.4. The fourth-order valence-corrected chi connectivity index (χ4v) is 7.35. The third-order valence-electron chi connectivity index (χ3n) is 7.77. The van der Waals surface area contributed by atoms with Gasteiger partial charge >= 0.3 is 0 Å². The Labute approximate surface area is 167 Å². The lowest BCUT2D eigenvalue weighted by Gasteiger charge is -2.64. The lowest BCUT2D eigenvalue weighted by atomic mass is 9.40. The minimum absolute atomic E-state index is 0.0344. The Morgan fingerprint density at radius 3 is 2.29 bits per heavy atom. The van der Waals surface area contributed by atoms with Gasteiger partial charge < -0.3 is 10.6 Å². The van der Waals surface area contributed by atoms with Crippen molar-refractivity contribution in [1.29, 1.82) is 0 Å². The van der Waals surface area contributed by atoms with Gasteiger partial charge in [0, 0.05) is 17.3 Å². The summed E-state index contributed by atoms with van der Waals surface area (Å²) in [4.78, 5) is 26.0. The number of hydrogen-bond donors (Lipinski definition) is 2. The second kappa shape index (κ2) is 5.84. The monoisotopic (exact) mass is 380 g/mol. The molecule has 6 rings (SSSR count). The summed E-state index contributed by atoms with van der Waals surface area (Å²) in [6, 6.07) is 5.99. The predicted octanol–water partition coefficient (Wildman–Crippen LogP) is 4.82. The number of hydrogen-bond acceptors (Lipinski definition) is 2. The van der Waals surface area contributed by atoms with Gasteiger partial charge in [-0.05, 0) is 92.7 Å². The number of carbonyl (C=O) groups is 2. The second-order valence-electron chi connectivity index (χ2n) is 11.1. The van der Waals surface area contributed by atoms with Crippen molar-refractivity contribution in [2.75, 3.05) is 5.32 Å². The Morgan fingerprint density at radius 2 is 1.68 bits per heavy atom. The van der Waals surface area contributed by atoms with Gasteiger partial charge in [-0.15, -0.1) is 0 Å². The summed E-state index contributed by atoms with van der Waals surface area (Å²) in [6.07, 6.45) is 9.04. The lowest BCUT2D eigenvalue weighted by Crippen LogP contribution is -2.58. The SMILES string of the molecule is Cc1ccc(C(=O)NC2CC2)cc1NC(=O)C12CC3CC(C)(CC(C)(C3)C1)C2. The van der Waals surface area contributed by atoms with E-state index in [4.69, 9.17) is 0 Å². The zero-order chi connectivity index (χ0) is 19.7. The molecule has 1 aromatic carbocycles. The summed E-state index contributed by atoms with van der Waals surface area (Å²) in [7, 11) is 0. The Morgan fingerprint density at radius 1 is 1.00 bits per heavy atom. The molecule has 0 aromatic heterocycles. The fraction of sp³-hybridized carbons (Fsp3) is 0.667. The van der Waals surface area contributed by atoms with E-state index in [-0.39, 0.29) is 17.2 Å². The number of anilines is 1.